The highest BCUT2D eigenvalue weighted by Crippen LogP contribution is 2.32. The summed E-state index contributed by atoms with van der Waals surface area (Å²) in [5.74, 6) is 0.361. The van der Waals surface area contributed by atoms with Crippen LogP contribution in [0.5, 0.6) is 5.75 Å². The molecule has 0 fully saturated rings. The zero-order valence-electron chi connectivity index (χ0n) is 10.3. The minimum Gasteiger partial charge on any atom is -0.508 e. The molecule has 0 aliphatic heterocycles. The number of phenols is 1. The Morgan fingerprint density at radius 2 is 2.22 bits per heavy atom. The number of aromatic hydroxyl groups is 1. The Bertz CT molecular complexity index is 528. The molecule has 18 heavy (non-hydrogen) atoms. The number of sulfonamides is 1. The predicted molar refractivity (Wildman–Crippen MR) is 70.0 cm³/mol. The Morgan fingerprint density at radius 1 is 1.44 bits per heavy atom. The molecular formula is C12H18N2O3S. The molecule has 5 nitrogen and oxygen atoms in total. The van der Waals surface area contributed by atoms with Crippen LogP contribution in [0.3, 0.4) is 0 Å². The van der Waals surface area contributed by atoms with Crippen LogP contribution in [-0.4, -0.2) is 32.9 Å². The van der Waals surface area contributed by atoms with Gasteiger partial charge in [0.2, 0.25) is 10.0 Å². The van der Waals surface area contributed by atoms with Gasteiger partial charge in [-0.2, -0.15) is 0 Å². The number of benzene rings is 1. The van der Waals surface area contributed by atoms with Crippen molar-refractivity contribution in [2.45, 2.75) is 18.9 Å². The summed E-state index contributed by atoms with van der Waals surface area (Å²) in [4.78, 5) is 0. The van der Waals surface area contributed by atoms with Crippen LogP contribution in [0, 0.1) is 0 Å². The number of hydrogen-bond donors (Lipinski definition) is 3. The summed E-state index contributed by atoms with van der Waals surface area (Å²) < 4.78 is 24.9. The molecule has 1 unspecified atom stereocenters. The maximum Gasteiger partial charge on any atom is 0.212 e. The van der Waals surface area contributed by atoms with E-state index in [0.29, 0.717) is 6.54 Å². The first-order chi connectivity index (χ1) is 8.52. The smallest absolute Gasteiger partial charge is 0.212 e. The molecule has 2 rings (SSSR count). The molecular weight excluding hydrogens is 252 g/mol. The van der Waals surface area contributed by atoms with E-state index in [4.69, 9.17) is 0 Å². The normalized spacial score (nSPS) is 18.8. The van der Waals surface area contributed by atoms with E-state index in [-0.39, 0.29) is 17.5 Å². The van der Waals surface area contributed by atoms with E-state index in [9.17, 15) is 13.5 Å². The van der Waals surface area contributed by atoms with Gasteiger partial charge in [0, 0.05) is 12.6 Å². The molecule has 0 aromatic heterocycles. The van der Waals surface area contributed by atoms with Crippen LogP contribution in [0.15, 0.2) is 18.2 Å². The maximum atomic E-state index is 11.3. The molecule has 1 aromatic rings. The van der Waals surface area contributed by atoms with E-state index in [1.54, 1.807) is 12.1 Å². The Labute approximate surface area is 107 Å². The van der Waals surface area contributed by atoms with E-state index >= 15 is 0 Å². The molecule has 0 radical (unpaired) electrons. The van der Waals surface area contributed by atoms with Crippen molar-refractivity contribution < 1.29 is 13.5 Å². The second-order valence-electron chi connectivity index (χ2n) is 4.45. The molecule has 1 aromatic carbocycles. The lowest BCUT2D eigenvalue weighted by Crippen LogP contribution is -2.31. The Hall–Kier alpha value is -1.11. The molecule has 0 heterocycles. The Balaban J connectivity index is 1.94. The summed E-state index contributed by atoms with van der Waals surface area (Å²) in [5, 5.41) is 12.6. The number of nitrogens with one attached hydrogen (secondary N) is 2. The van der Waals surface area contributed by atoms with E-state index in [1.165, 1.54) is 7.05 Å². The molecule has 100 valence electrons. The lowest BCUT2D eigenvalue weighted by molar-refractivity contribution is 0.474. The van der Waals surface area contributed by atoms with Crippen molar-refractivity contribution in [3.8, 4) is 5.75 Å². The fraction of sp³-hybridized carbons (Fsp3) is 0.500. The second-order valence-corrected chi connectivity index (χ2v) is 6.50. The second kappa shape index (κ2) is 5.26. The van der Waals surface area contributed by atoms with Crippen LogP contribution in [0.1, 0.15) is 23.6 Å². The van der Waals surface area contributed by atoms with Gasteiger partial charge in [0.1, 0.15) is 5.75 Å². The van der Waals surface area contributed by atoms with Crippen molar-refractivity contribution in [2.24, 2.45) is 0 Å². The van der Waals surface area contributed by atoms with Gasteiger partial charge in [-0.05, 0) is 43.1 Å². The third-order valence-electron chi connectivity index (χ3n) is 3.28. The molecule has 3 N–H and O–H groups in total. The van der Waals surface area contributed by atoms with E-state index in [2.05, 4.69) is 10.0 Å². The van der Waals surface area contributed by atoms with Crippen LogP contribution in [0.25, 0.3) is 0 Å². The van der Waals surface area contributed by atoms with Crippen LogP contribution >= 0.6 is 0 Å². The van der Waals surface area contributed by atoms with Crippen molar-refractivity contribution in [1.29, 1.82) is 0 Å². The largest absolute Gasteiger partial charge is 0.508 e. The highest BCUT2D eigenvalue weighted by atomic mass is 32.2. The zero-order valence-corrected chi connectivity index (χ0v) is 11.1. The number of rotatable bonds is 5. The third kappa shape index (κ3) is 3.01. The van der Waals surface area contributed by atoms with Crippen molar-refractivity contribution in [3.63, 3.8) is 0 Å². The van der Waals surface area contributed by atoms with Gasteiger partial charge in [0.25, 0.3) is 0 Å². The van der Waals surface area contributed by atoms with Crippen molar-refractivity contribution in [1.82, 2.24) is 10.0 Å². The van der Waals surface area contributed by atoms with Crippen molar-refractivity contribution in [2.75, 3.05) is 19.3 Å². The zero-order chi connectivity index (χ0) is 13.2. The van der Waals surface area contributed by atoms with Crippen LogP contribution in [0.2, 0.25) is 0 Å². The molecule has 1 aliphatic rings. The fourth-order valence-corrected chi connectivity index (χ4v) is 2.88. The van der Waals surface area contributed by atoms with Gasteiger partial charge in [0.15, 0.2) is 0 Å². The van der Waals surface area contributed by atoms with Crippen LogP contribution in [0.4, 0.5) is 0 Å². The first kappa shape index (κ1) is 13.3. The number of hydrogen-bond acceptors (Lipinski definition) is 4. The molecule has 0 spiro atoms. The SMILES string of the molecule is CNS(=O)(=O)CCNC1CCc2cc(O)ccc21. The average Bonchev–Trinajstić information content (AvgIpc) is 2.71. The van der Waals surface area contributed by atoms with Crippen molar-refractivity contribution in [3.05, 3.63) is 29.3 Å². The summed E-state index contributed by atoms with van der Waals surface area (Å²) in [7, 11) is -1.73. The molecule has 1 aliphatic carbocycles. The van der Waals surface area contributed by atoms with E-state index in [0.717, 1.165) is 24.0 Å². The van der Waals surface area contributed by atoms with Crippen molar-refractivity contribution >= 4 is 10.0 Å². The molecule has 0 saturated heterocycles. The van der Waals surface area contributed by atoms with Gasteiger partial charge in [-0.1, -0.05) is 6.07 Å². The molecule has 0 bridgehead atoms. The van der Waals surface area contributed by atoms with Gasteiger partial charge >= 0.3 is 0 Å². The summed E-state index contributed by atoms with van der Waals surface area (Å²) in [5.41, 5.74) is 2.30. The van der Waals surface area contributed by atoms with E-state index in [1.807, 2.05) is 6.07 Å². The number of fused-ring (bicyclic) bond motifs is 1. The summed E-state index contributed by atoms with van der Waals surface area (Å²) in [6.07, 6.45) is 1.86. The topological polar surface area (TPSA) is 78.4 Å². The predicted octanol–water partition coefficient (Wildman–Crippen LogP) is 0.518. The van der Waals surface area contributed by atoms with E-state index < -0.39 is 10.0 Å². The molecule has 1 atom stereocenters. The first-order valence-corrected chi connectivity index (χ1v) is 7.63. The molecule has 0 amide bonds. The monoisotopic (exact) mass is 270 g/mol. The summed E-state index contributed by atoms with van der Waals surface area (Å²) in [6, 6.07) is 5.54. The van der Waals surface area contributed by atoms with Crippen LogP contribution in [-0.2, 0) is 16.4 Å². The van der Waals surface area contributed by atoms with Gasteiger partial charge in [-0.25, -0.2) is 13.1 Å². The highest BCUT2D eigenvalue weighted by Gasteiger charge is 2.22. The Morgan fingerprint density at radius 3 is 2.94 bits per heavy atom. The Kier molecular flexibility index (Phi) is 3.89. The minimum atomic E-state index is -3.15. The summed E-state index contributed by atoms with van der Waals surface area (Å²) >= 11 is 0. The first-order valence-electron chi connectivity index (χ1n) is 5.98. The summed E-state index contributed by atoms with van der Waals surface area (Å²) in [6.45, 7) is 0.425. The maximum absolute atomic E-state index is 11.3. The van der Waals surface area contributed by atoms with Gasteiger partial charge in [0.05, 0.1) is 5.75 Å². The number of aryl methyl sites for hydroxylation is 1. The average molecular weight is 270 g/mol. The lowest BCUT2D eigenvalue weighted by Gasteiger charge is -2.14. The highest BCUT2D eigenvalue weighted by molar-refractivity contribution is 7.89. The number of phenolic OH excluding ortho intramolecular Hbond substituents is 1. The van der Waals surface area contributed by atoms with Gasteiger partial charge in [-0.3, -0.25) is 0 Å². The quantitative estimate of drug-likeness (QED) is 0.729. The standard InChI is InChI=1S/C12H18N2O3S/c1-13-18(16,17)7-6-14-12-5-2-9-8-10(15)3-4-11(9)12/h3-4,8,12-15H,2,5-7H2,1H3. The lowest BCUT2D eigenvalue weighted by atomic mass is 10.1. The molecule has 6 heteroatoms. The van der Waals surface area contributed by atoms with Gasteiger partial charge < -0.3 is 10.4 Å². The van der Waals surface area contributed by atoms with Gasteiger partial charge in [-0.15, -0.1) is 0 Å². The minimum absolute atomic E-state index is 0.0768. The fourth-order valence-electron chi connectivity index (χ4n) is 2.29. The third-order valence-corrected chi connectivity index (χ3v) is 4.64. The van der Waals surface area contributed by atoms with Crippen LogP contribution < -0.4 is 10.0 Å². The molecule has 0 saturated carbocycles.